The second-order valence-electron chi connectivity index (χ2n) is 7.08. The van der Waals surface area contributed by atoms with Gasteiger partial charge < -0.3 is 10.4 Å². The molecule has 1 heterocycles. The molecule has 156 valence electrons. The number of hydrogen-bond acceptors (Lipinski definition) is 5. The first-order valence-electron chi connectivity index (χ1n) is 9.11. The molecule has 0 aliphatic rings. The van der Waals surface area contributed by atoms with Gasteiger partial charge in [-0.05, 0) is 42.7 Å². The molecular weight excluding hydrogens is 408 g/mol. The Morgan fingerprint density at radius 3 is 2.43 bits per heavy atom. The molecule has 1 atom stereocenters. The number of pyridine rings is 1. The number of aromatic nitrogens is 1. The van der Waals surface area contributed by atoms with Crippen molar-refractivity contribution in [1.29, 1.82) is 5.26 Å². The lowest BCUT2D eigenvalue weighted by atomic mass is 10.0. The zero-order valence-electron chi connectivity index (χ0n) is 16.7. The number of hydrogen-bond donors (Lipinski definition) is 2. The van der Waals surface area contributed by atoms with Gasteiger partial charge in [0, 0.05) is 18.8 Å². The summed E-state index contributed by atoms with van der Waals surface area (Å²) in [5, 5.41) is 21.1. The number of nitrogens with one attached hydrogen (secondary N) is 1. The van der Waals surface area contributed by atoms with Gasteiger partial charge in [0.25, 0.3) is 11.8 Å². The lowest BCUT2D eigenvalue weighted by Gasteiger charge is -2.21. The highest BCUT2D eigenvalue weighted by Crippen LogP contribution is 2.27. The van der Waals surface area contributed by atoms with Crippen LogP contribution in [0.3, 0.4) is 0 Å². The summed E-state index contributed by atoms with van der Waals surface area (Å²) in [6.45, 7) is 3.81. The fourth-order valence-corrected chi connectivity index (χ4v) is 2.97. The Hall–Kier alpha value is -3.44. The van der Waals surface area contributed by atoms with Crippen LogP contribution in [-0.2, 0) is 4.79 Å². The van der Waals surface area contributed by atoms with Crippen molar-refractivity contribution >= 4 is 29.4 Å². The van der Waals surface area contributed by atoms with E-state index in [1.165, 1.54) is 37.5 Å². The van der Waals surface area contributed by atoms with Crippen LogP contribution in [0.4, 0.5) is 0 Å². The molecule has 1 aromatic heterocycles. The quantitative estimate of drug-likeness (QED) is 0.515. The number of halogens is 1. The molecule has 30 heavy (non-hydrogen) atoms. The number of likely N-dealkylation sites (N-methyl/N-ethyl adjacent to an activating group) is 1. The number of nitriles is 1. The molecular formula is C21H21ClN4O4. The average Bonchev–Trinajstić information content (AvgIpc) is 2.72. The Bertz CT molecular complexity index is 999. The monoisotopic (exact) mass is 428 g/mol. The van der Waals surface area contributed by atoms with Gasteiger partial charge in [0.05, 0.1) is 21.8 Å². The Morgan fingerprint density at radius 1 is 1.23 bits per heavy atom. The first-order valence-corrected chi connectivity index (χ1v) is 9.49. The Morgan fingerprint density at radius 2 is 1.90 bits per heavy atom. The fourth-order valence-electron chi connectivity index (χ4n) is 2.76. The van der Waals surface area contributed by atoms with Crippen molar-refractivity contribution in [2.75, 3.05) is 7.05 Å². The Balaban J connectivity index is 2.24. The number of amides is 2. The minimum absolute atomic E-state index is 0.0645. The molecule has 0 aliphatic heterocycles. The van der Waals surface area contributed by atoms with E-state index in [1.54, 1.807) is 12.3 Å². The van der Waals surface area contributed by atoms with Gasteiger partial charge in [0.1, 0.15) is 6.04 Å². The molecule has 0 aliphatic carbocycles. The fraction of sp³-hybridized carbons (Fsp3) is 0.286. The van der Waals surface area contributed by atoms with E-state index in [0.717, 1.165) is 4.90 Å². The van der Waals surface area contributed by atoms with Crippen LogP contribution in [-0.4, -0.2) is 45.9 Å². The zero-order chi connectivity index (χ0) is 22.4. The predicted molar refractivity (Wildman–Crippen MR) is 111 cm³/mol. The van der Waals surface area contributed by atoms with Gasteiger partial charge in [-0.1, -0.05) is 25.4 Å². The Kier molecular flexibility index (Phi) is 7.50. The molecule has 0 bridgehead atoms. The van der Waals surface area contributed by atoms with E-state index in [2.05, 4.69) is 10.3 Å². The smallest absolute Gasteiger partial charge is 0.335 e. The third-order valence-electron chi connectivity index (χ3n) is 4.31. The number of aromatic carboxylic acids is 1. The van der Waals surface area contributed by atoms with Crippen LogP contribution in [0, 0.1) is 17.4 Å². The van der Waals surface area contributed by atoms with E-state index in [0.29, 0.717) is 22.7 Å². The van der Waals surface area contributed by atoms with E-state index in [1.807, 2.05) is 13.8 Å². The topological polar surface area (TPSA) is 123 Å². The van der Waals surface area contributed by atoms with E-state index in [9.17, 15) is 14.4 Å². The van der Waals surface area contributed by atoms with Crippen molar-refractivity contribution in [3.05, 3.63) is 52.7 Å². The molecule has 0 fully saturated rings. The number of rotatable bonds is 7. The highest BCUT2D eigenvalue weighted by atomic mass is 35.5. The van der Waals surface area contributed by atoms with E-state index in [-0.39, 0.29) is 17.0 Å². The number of benzene rings is 1. The maximum absolute atomic E-state index is 12.6. The van der Waals surface area contributed by atoms with Crippen molar-refractivity contribution in [3.8, 4) is 17.5 Å². The second kappa shape index (κ2) is 9.85. The second-order valence-corrected chi connectivity index (χ2v) is 7.49. The highest BCUT2D eigenvalue weighted by Gasteiger charge is 2.25. The van der Waals surface area contributed by atoms with Gasteiger partial charge in [0.2, 0.25) is 0 Å². The van der Waals surface area contributed by atoms with Crippen LogP contribution in [0.25, 0.3) is 11.3 Å². The number of carboxylic acids is 1. The molecule has 9 heteroatoms. The maximum Gasteiger partial charge on any atom is 0.335 e. The molecule has 2 N–H and O–H groups in total. The lowest BCUT2D eigenvalue weighted by Crippen LogP contribution is -2.46. The minimum atomic E-state index is -1.09. The SMILES string of the molecule is CC(C)C[C@H](NC(=O)c1ccc(-c2cc(C(=O)O)ccc2Cl)nc1)C(=O)N(C)C#N. The van der Waals surface area contributed by atoms with Gasteiger partial charge in [0.15, 0.2) is 6.19 Å². The molecule has 2 rings (SSSR count). The van der Waals surface area contributed by atoms with E-state index >= 15 is 0 Å². The largest absolute Gasteiger partial charge is 0.478 e. The number of carbonyl (C=O) groups is 3. The van der Waals surface area contributed by atoms with Crippen LogP contribution >= 0.6 is 11.6 Å². The summed E-state index contributed by atoms with van der Waals surface area (Å²) in [5.74, 6) is -1.98. The molecule has 0 unspecified atom stereocenters. The van der Waals surface area contributed by atoms with Crippen LogP contribution in [0.2, 0.25) is 5.02 Å². The van der Waals surface area contributed by atoms with Gasteiger partial charge in [-0.15, -0.1) is 0 Å². The number of nitrogens with zero attached hydrogens (tertiary/aromatic N) is 3. The van der Waals surface area contributed by atoms with Crippen LogP contribution in [0.1, 0.15) is 41.0 Å². The predicted octanol–water partition coefficient (Wildman–Crippen LogP) is 3.18. The van der Waals surface area contributed by atoms with Crippen molar-refractivity contribution in [3.63, 3.8) is 0 Å². The summed E-state index contributed by atoms with van der Waals surface area (Å²) in [6, 6.07) is 6.47. The summed E-state index contributed by atoms with van der Waals surface area (Å²) in [7, 11) is 1.34. The lowest BCUT2D eigenvalue weighted by molar-refractivity contribution is -0.129. The van der Waals surface area contributed by atoms with Crippen molar-refractivity contribution in [2.24, 2.45) is 5.92 Å². The molecule has 8 nitrogen and oxygen atoms in total. The average molecular weight is 429 g/mol. The Labute approximate surface area is 179 Å². The van der Waals surface area contributed by atoms with Gasteiger partial charge >= 0.3 is 5.97 Å². The minimum Gasteiger partial charge on any atom is -0.478 e. The molecule has 0 saturated carbocycles. The summed E-state index contributed by atoms with van der Waals surface area (Å²) >= 11 is 6.15. The zero-order valence-corrected chi connectivity index (χ0v) is 17.5. The first-order chi connectivity index (χ1) is 14.1. The summed E-state index contributed by atoms with van der Waals surface area (Å²) < 4.78 is 0. The number of carboxylic acid groups (broad SMARTS) is 1. The molecule has 2 aromatic rings. The summed E-state index contributed by atoms with van der Waals surface area (Å²) in [6.07, 6.45) is 3.43. The van der Waals surface area contributed by atoms with Gasteiger partial charge in [-0.3, -0.25) is 19.5 Å². The van der Waals surface area contributed by atoms with Gasteiger partial charge in [-0.2, -0.15) is 5.26 Å². The highest BCUT2D eigenvalue weighted by molar-refractivity contribution is 6.33. The van der Waals surface area contributed by atoms with E-state index in [4.69, 9.17) is 22.0 Å². The normalized spacial score (nSPS) is 11.5. The maximum atomic E-state index is 12.6. The number of carbonyl (C=O) groups excluding carboxylic acids is 2. The first kappa shape index (κ1) is 22.8. The molecule has 0 spiro atoms. The van der Waals surface area contributed by atoms with Crippen LogP contribution < -0.4 is 5.32 Å². The van der Waals surface area contributed by atoms with Crippen molar-refractivity contribution in [1.82, 2.24) is 15.2 Å². The van der Waals surface area contributed by atoms with Crippen LogP contribution in [0.15, 0.2) is 36.5 Å². The molecule has 0 saturated heterocycles. The third-order valence-corrected chi connectivity index (χ3v) is 4.64. The van der Waals surface area contributed by atoms with E-state index < -0.39 is 23.8 Å². The third kappa shape index (κ3) is 5.55. The summed E-state index contributed by atoms with van der Waals surface area (Å²) in [4.78, 5) is 41.2. The molecule has 2 amide bonds. The summed E-state index contributed by atoms with van der Waals surface area (Å²) in [5.41, 5.74) is 1.10. The van der Waals surface area contributed by atoms with Crippen molar-refractivity contribution in [2.45, 2.75) is 26.3 Å². The van der Waals surface area contributed by atoms with Crippen molar-refractivity contribution < 1.29 is 19.5 Å². The van der Waals surface area contributed by atoms with Gasteiger partial charge in [-0.25, -0.2) is 4.79 Å². The molecule has 0 radical (unpaired) electrons. The molecule has 1 aromatic carbocycles. The van der Waals surface area contributed by atoms with Crippen LogP contribution in [0.5, 0.6) is 0 Å². The standard InChI is InChI=1S/C21H21ClN4O4/c1-12(2)8-18(20(28)26(3)11-23)25-19(27)14-5-7-17(24-10-14)15-9-13(21(29)30)4-6-16(15)22/h4-7,9-10,12,18H,8H2,1-3H3,(H,25,27)(H,29,30)/t18-/m0/s1.